The maximum absolute atomic E-state index is 9.29. The number of aryl methyl sites for hydroxylation is 1. The molecule has 0 bridgehead atoms. The molecular formula is C8H10ClNO. The molecule has 1 aromatic carbocycles. The van der Waals surface area contributed by atoms with Crippen molar-refractivity contribution < 1.29 is 5.11 Å². The maximum Gasteiger partial charge on any atom is 0.139 e. The van der Waals surface area contributed by atoms with Crippen molar-refractivity contribution in [2.45, 2.75) is 6.92 Å². The first-order valence-corrected chi connectivity index (χ1v) is 3.70. The first kappa shape index (κ1) is 8.21. The minimum Gasteiger partial charge on any atom is -0.506 e. The fraction of sp³-hybridized carbons (Fsp3) is 0.250. The van der Waals surface area contributed by atoms with E-state index in [9.17, 15) is 5.11 Å². The van der Waals surface area contributed by atoms with Crippen molar-refractivity contribution in [2.75, 3.05) is 12.4 Å². The highest BCUT2D eigenvalue weighted by Gasteiger charge is 2.02. The molecule has 1 rings (SSSR count). The summed E-state index contributed by atoms with van der Waals surface area (Å²) in [4.78, 5) is 0. The Hall–Kier alpha value is -0.890. The molecule has 0 radical (unpaired) electrons. The summed E-state index contributed by atoms with van der Waals surface area (Å²) in [5.74, 6) is 0.231. The Kier molecular flexibility index (Phi) is 2.25. The molecule has 0 aliphatic heterocycles. The van der Waals surface area contributed by atoms with Gasteiger partial charge >= 0.3 is 0 Å². The third-order valence-electron chi connectivity index (χ3n) is 1.55. The van der Waals surface area contributed by atoms with E-state index in [0.717, 1.165) is 5.56 Å². The minimum absolute atomic E-state index is 0.231. The van der Waals surface area contributed by atoms with E-state index in [0.29, 0.717) is 10.7 Å². The average Bonchev–Trinajstić information content (AvgIpc) is 1.97. The number of anilines is 1. The Morgan fingerprint density at radius 2 is 2.09 bits per heavy atom. The molecule has 2 N–H and O–H groups in total. The summed E-state index contributed by atoms with van der Waals surface area (Å²) in [6.07, 6.45) is 0. The lowest BCUT2D eigenvalue weighted by Crippen LogP contribution is -1.89. The van der Waals surface area contributed by atoms with E-state index in [1.54, 1.807) is 19.2 Å². The third kappa shape index (κ3) is 1.57. The molecule has 60 valence electrons. The van der Waals surface area contributed by atoms with E-state index in [1.165, 1.54) is 0 Å². The zero-order valence-electron chi connectivity index (χ0n) is 6.48. The van der Waals surface area contributed by atoms with Gasteiger partial charge in [-0.2, -0.15) is 0 Å². The van der Waals surface area contributed by atoms with Crippen molar-refractivity contribution in [1.29, 1.82) is 0 Å². The molecule has 0 amide bonds. The summed E-state index contributed by atoms with van der Waals surface area (Å²) in [7, 11) is 1.74. The van der Waals surface area contributed by atoms with Crippen LogP contribution in [0.4, 0.5) is 5.69 Å². The van der Waals surface area contributed by atoms with E-state index < -0.39 is 0 Å². The molecule has 0 spiro atoms. The van der Waals surface area contributed by atoms with Crippen LogP contribution < -0.4 is 5.32 Å². The van der Waals surface area contributed by atoms with E-state index in [-0.39, 0.29) is 5.75 Å². The average molecular weight is 172 g/mol. The van der Waals surface area contributed by atoms with Crippen LogP contribution >= 0.6 is 11.6 Å². The molecule has 0 aliphatic rings. The first-order valence-electron chi connectivity index (χ1n) is 3.32. The van der Waals surface area contributed by atoms with Gasteiger partial charge in [0.2, 0.25) is 0 Å². The van der Waals surface area contributed by atoms with Gasteiger partial charge < -0.3 is 10.4 Å². The van der Waals surface area contributed by atoms with Crippen molar-refractivity contribution >= 4 is 17.3 Å². The molecule has 2 nitrogen and oxygen atoms in total. The fourth-order valence-electron chi connectivity index (χ4n) is 0.867. The summed E-state index contributed by atoms with van der Waals surface area (Å²) in [5, 5.41) is 12.8. The summed E-state index contributed by atoms with van der Waals surface area (Å²) in [5.41, 5.74) is 1.53. The Morgan fingerprint density at radius 1 is 1.45 bits per heavy atom. The molecule has 0 saturated heterocycles. The van der Waals surface area contributed by atoms with Gasteiger partial charge in [0.25, 0.3) is 0 Å². The maximum atomic E-state index is 9.29. The second kappa shape index (κ2) is 3.01. The molecule has 0 unspecified atom stereocenters. The number of rotatable bonds is 1. The molecule has 0 aromatic heterocycles. The molecule has 0 fully saturated rings. The second-order valence-corrected chi connectivity index (χ2v) is 2.78. The number of halogens is 1. The smallest absolute Gasteiger partial charge is 0.139 e. The van der Waals surface area contributed by atoms with Gasteiger partial charge in [-0.25, -0.2) is 0 Å². The summed E-state index contributed by atoms with van der Waals surface area (Å²) >= 11 is 5.81. The monoisotopic (exact) mass is 171 g/mol. The molecule has 0 heterocycles. The van der Waals surface area contributed by atoms with Crippen molar-refractivity contribution in [1.82, 2.24) is 0 Å². The molecule has 1 aromatic rings. The highest BCUT2D eigenvalue weighted by atomic mass is 35.5. The number of hydrogen-bond acceptors (Lipinski definition) is 2. The summed E-state index contributed by atoms with van der Waals surface area (Å²) < 4.78 is 0. The van der Waals surface area contributed by atoms with Gasteiger partial charge in [0, 0.05) is 12.1 Å². The van der Waals surface area contributed by atoms with Crippen molar-refractivity contribution in [3.8, 4) is 5.75 Å². The van der Waals surface area contributed by atoms with E-state index in [1.807, 2.05) is 6.92 Å². The largest absolute Gasteiger partial charge is 0.506 e. The van der Waals surface area contributed by atoms with E-state index in [2.05, 4.69) is 5.32 Å². The number of benzene rings is 1. The van der Waals surface area contributed by atoms with Gasteiger partial charge in [-0.15, -0.1) is 0 Å². The Balaban J connectivity index is 3.21. The zero-order chi connectivity index (χ0) is 8.43. The molecule has 0 aliphatic carbocycles. The van der Waals surface area contributed by atoms with Crippen LogP contribution in [0.1, 0.15) is 5.56 Å². The van der Waals surface area contributed by atoms with Gasteiger partial charge in [-0.3, -0.25) is 0 Å². The lowest BCUT2D eigenvalue weighted by atomic mass is 10.2. The SMILES string of the molecule is CNc1cc(Cl)c(C)cc1O. The molecule has 0 atom stereocenters. The highest BCUT2D eigenvalue weighted by Crippen LogP contribution is 2.29. The van der Waals surface area contributed by atoms with Crippen LogP contribution in [0.5, 0.6) is 5.75 Å². The Labute approximate surface area is 70.8 Å². The van der Waals surface area contributed by atoms with Crippen LogP contribution in [0, 0.1) is 6.92 Å². The number of hydrogen-bond donors (Lipinski definition) is 2. The topological polar surface area (TPSA) is 32.3 Å². The summed E-state index contributed by atoms with van der Waals surface area (Å²) in [6.45, 7) is 1.85. The minimum atomic E-state index is 0.231. The predicted molar refractivity (Wildman–Crippen MR) is 47.4 cm³/mol. The Morgan fingerprint density at radius 3 is 2.64 bits per heavy atom. The van der Waals surface area contributed by atoms with Gasteiger partial charge in [-0.1, -0.05) is 11.6 Å². The van der Waals surface area contributed by atoms with E-state index in [4.69, 9.17) is 11.6 Å². The molecule has 11 heavy (non-hydrogen) atoms. The lowest BCUT2D eigenvalue weighted by molar-refractivity contribution is 0.477. The number of aromatic hydroxyl groups is 1. The van der Waals surface area contributed by atoms with Crippen molar-refractivity contribution in [3.63, 3.8) is 0 Å². The standard InChI is InChI=1S/C8H10ClNO/c1-5-3-8(11)7(10-2)4-6(5)9/h3-4,10-11H,1-2H3. The van der Waals surface area contributed by atoms with Crippen LogP contribution in [-0.4, -0.2) is 12.2 Å². The number of phenolic OH excluding ortho intramolecular Hbond substituents is 1. The van der Waals surface area contributed by atoms with E-state index >= 15 is 0 Å². The normalized spacial score (nSPS) is 9.73. The molecule has 0 saturated carbocycles. The van der Waals surface area contributed by atoms with Gasteiger partial charge in [0.05, 0.1) is 5.69 Å². The van der Waals surface area contributed by atoms with Crippen LogP contribution in [0.2, 0.25) is 5.02 Å². The second-order valence-electron chi connectivity index (χ2n) is 2.37. The van der Waals surface area contributed by atoms with Gasteiger partial charge in [0.15, 0.2) is 0 Å². The van der Waals surface area contributed by atoms with Crippen molar-refractivity contribution in [3.05, 3.63) is 22.7 Å². The number of phenols is 1. The quantitative estimate of drug-likeness (QED) is 0.636. The van der Waals surface area contributed by atoms with Crippen LogP contribution in [-0.2, 0) is 0 Å². The number of nitrogens with one attached hydrogen (secondary N) is 1. The van der Waals surface area contributed by atoms with Crippen LogP contribution in [0.25, 0.3) is 0 Å². The third-order valence-corrected chi connectivity index (χ3v) is 1.95. The van der Waals surface area contributed by atoms with Crippen LogP contribution in [0.3, 0.4) is 0 Å². The molecular weight excluding hydrogens is 162 g/mol. The molecule has 3 heteroatoms. The summed E-state index contributed by atoms with van der Waals surface area (Å²) in [6, 6.07) is 3.33. The first-order chi connectivity index (χ1) is 5.15. The predicted octanol–water partition coefficient (Wildman–Crippen LogP) is 2.40. The zero-order valence-corrected chi connectivity index (χ0v) is 7.24. The highest BCUT2D eigenvalue weighted by molar-refractivity contribution is 6.31. The van der Waals surface area contributed by atoms with Crippen LogP contribution in [0.15, 0.2) is 12.1 Å². The van der Waals surface area contributed by atoms with Gasteiger partial charge in [0.1, 0.15) is 5.75 Å². The lowest BCUT2D eigenvalue weighted by Gasteiger charge is -2.05. The van der Waals surface area contributed by atoms with Gasteiger partial charge in [-0.05, 0) is 24.6 Å². The van der Waals surface area contributed by atoms with Crippen molar-refractivity contribution in [2.24, 2.45) is 0 Å². The fourth-order valence-corrected chi connectivity index (χ4v) is 1.03. The Bertz CT molecular complexity index is 273.